The van der Waals surface area contributed by atoms with Crippen molar-refractivity contribution < 1.29 is 55.1 Å². The molecular weight excluding hydrogens is 1940 g/mol. The van der Waals surface area contributed by atoms with E-state index in [9.17, 15) is 45.6 Å². The molecular formula is C111H118Cl2N18O12S3. The number of rotatable bonds is 33. The quantitative estimate of drug-likeness (QED) is 0.0219. The molecule has 0 radical (unpaired) electrons. The van der Waals surface area contributed by atoms with Gasteiger partial charge in [-0.05, 0) is 169 Å². The Labute approximate surface area is 865 Å². The molecule has 30 nitrogen and oxygen atoms in total. The van der Waals surface area contributed by atoms with E-state index in [0.717, 1.165) is 152 Å². The van der Waals surface area contributed by atoms with Gasteiger partial charge in [-0.1, -0.05) is 250 Å². The minimum atomic E-state index is -3.84. The highest BCUT2D eigenvalue weighted by Crippen LogP contribution is 2.38. The first-order valence-corrected chi connectivity index (χ1v) is 52.8. The Balaban J connectivity index is 0.000000144. The van der Waals surface area contributed by atoms with E-state index in [-0.39, 0.29) is 65.6 Å². The van der Waals surface area contributed by atoms with Gasteiger partial charge >= 0.3 is 0 Å². The highest BCUT2D eigenvalue weighted by molar-refractivity contribution is 7.89. The number of ether oxygens (including phenoxy) is 2. The van der Waals surface area contributed by atoms with Crippen LogP contribution in [0.25, 0.3) is 32.7 Å². The number of benzene rings is 10. The van der Waals surface area contributed by atoms with E-state index in [4.69, 9.17) is 32.7 Å². The van der Waals surface area contributed by atoms with Gasteiger partial charge in [-0.2, -0.15) is 18.8 Å². The van der Waals surface area contributed by atoms with Crippen LogP contribution in [0.1, 0.15) is 96.8 Å². The lowest BCUT2D eigenvalue weighted by Crippen LogP contribution is -2.60. The minimum absolute atomic E-state index is 0.0693. The summed E-state index contributed by atoms with van der Waals surface area (Å²) in [5.41, 5.74) is 9.39. The van der Waals surface area contributed by atoms with Gasteiger partial charge in [0.2, 0.25) is 43.7 Å². The molecule has 1 unspecified atom stereocenters. The van der Waals surface area contributed by atoms with Crippen LogP contribution in [-0.2, 0) is 73.2 Å². The third kappa shape index (κ3) is 29.4. The van der Waals surface area contributed by atoms with Crippen molar-refractivity contribution in [1.82, 2.24) is 53.6 Å². The summed E-state index contributed by atoms with van der Waals surface area (Å²) < 4.78 is 67.1. The molecule has 1 atom stereocenters. The molecule has 146 heavy (non-hydrogen) atoms. The summed E-state index contributed by atoms with van der Waals surface area (Å²) in [7, 11) is -2.09. The summed E-state index contributed by atoms with van der Waals surface area (Å²) in [5.74, 6) is 0.343. The molecule has 2 saturated heterocycles. The average molecular weight is 2060 g/mol. The number of thiophene rings is 1. The predicted molar refractivity (Wildman–Crippen MR) is 579 cm³/mol. The highest BCUT2D eigenvalue weighted by atomic mass is 35.5. The first kappa shape index (κ1) is 107. The Morgan fingerprint density at radius 1 is 0.589 bits per heavy atom. The number of piperazine rings is 1. The molecule has 35 heteroatoms. The van der Waals surface area contributed by atoms with E-state index in [1.807, 2.05) is 279 Å². The van der Waals surface area contributed by atoms with Gasteiger partial charge in [0.25, 0.3) is 11.8 Å². The number of piperidine rings is 1. The van der Waals surface area contributed by atoms with Crippen LogP contribution in [0.5, 0.6) is 0 Å². The normalized spacial score (nSPS) is 14.0. The molecule has 18 rings (SSSR count). The first-order chi connectivity index (χ1) is 70.9. The molecule has 3 fully saturated rings. The number of nitrogens with one attached hydrogen (secondary N) is 4. The smallest absolute Gasteiger partial charge is 0.273 e. The van der Waals surface area contributed by atoms with Crippen molar-refractivity contribution in [2.24, 2.45) is 5.10 Å². The van der Waals surface area contributed by atoms with Crippen molar-refractivity contribution in [3.05, 3.63) is 365 Å². The summed E-state index contributed by atoms with van der Waals surface area (Å²) in [5, 5.41) is 24.4. The lowest BCUT2D eigenvalue weighted by Gasteiger charge is -2.45. The van der Waals surface area contributed by atoms with E-state index in [0.29, 0.717) is 80.1 Å². The summed E-state index contributed by atoms with van der Waals surface area (Å²) in [6.07, 6.45) is 14.0. The number of hydrazone groups is 1. The van der Waals surface area contributed by atoms with E-state index >= 15 is 0 Å². The summed E-state index contributed by atoms with van der Waals surface area (Å²) >= 11 is 13.8. The predicted octanol–water partition coefficient (Wildman–Crippen LogP) is 18.8. The van der Waals surface area contributed by atoms with Crippen molar-refractivity contribution in [1.29, 1.82) is 0 Å². The number of nitrogens with zero attached hydrogens (tertiary/aromatic N) is 14. The maximum absolute atomic E-state index is 13.7. The Hall–Kier alpha value is -14.5. The van der Waals surface area contributed by atoms with Crippen LogP contribution in [-0.4, -0.2) is 212 Å². The number of fused-ring (bicyclic) bond motifs is 3. The monoisotopic (exact) mass is 2060 g/mol. The fraction of sp³-hybridized carbons (Fsp3) is 0.261. The molecule has 0 bridgehead atoms. The number of hydrogen-bond donors (Lipinski definition) is 4. The largest absolute Gasteiger partial charge is 0.383 e. The number of halogens is 2. The molecule has 6 amide bonds. The van der Waals surface area contributed by atoms with Gasteiger partial charge in [0.05, 0.1) is 59.4 Å². The average Bonchev–Trinajstić information content (AvgIpc) is 1.77. The standard InChI is InChI=1S/C26H29N3O2.C24H26N2O4.C21H19Cl2N7.C20H19N3O3S2.C20H25N3O3S/c1-2-19-29(24(30)23-16-15-20-11-7-8-14-22(20)28-23)26(17-9-4-10-18-26)25(31)27-21-12-5-3-6-13-21;1-29-15-14-26(24(28)18-30-17-19-8-3-2-4-9-19)16-23(27)25-22-13-7-11-20-10-5-6-12-21(20)22;22-16-5-4-15(18(23)11-16)13-30-21-17(12-27-30)20(25-14-26-21)29-9-7-28(8-10-29)19-3-1-2-6-24-19;24-20(22-21-14-18-10-7-13-27-18)16-23(15-17-8-3-1-4-9-17)28(25,26)19-11-5-2-6-12-19;1-22(2)17-13-11-16(12-14-17)21-20(24)19-10-6-7-15-23(19)27(25,26)18-8-4-3-5-9-18/h3,5-8,11-16H,2,4,9-10,17-19H2,1H3,(H,27,31);2-13H,14-18H2,1H3,(H,25,27);1-6,11-12,14H,7-10,13H2;1-14H,15-16H2,(H,22,24);3-5,8-9,11-14,19H,6-7,10,15H2,1-2H3,(H,21,24)/b;;;21-14+;. The molecule has 1 aliphatic carbocycles. The number of methoxy groups -OCH3 is 1. The SMILES string of the molecule is CCCN(C(=O)c1ccc2ccccc2n1)C1(C(=O)Nc2ccccc2)CCCCC1.CN(C)c1ccc(NC(=O)C2CCCCN2S(=O)(=O)c2ccccc2)cc1.COCCN(CC(=O)Nc1cccc2ccccc12)C(=O)COCc1ccccc1.Clc1ccc(Cn2ncc3c(N4CCN(c5ccccn5)CC4)ncnc32)c(Cl)c1.O=C(CN(Cc1ccccc1)S(=O)(=O)c1ccccc1)N/N=C/c1cccs1. The van der Waals surface area contributed by atoms with E-state index < -0.39 is 37.5 Å². The van der Waals surface area contributed by atoms with Crippen LogP contribution >= 0.6 is 34.5 Å². The topological polar surface area (TPSA) is 342 Å². The Morgan fingerprint density at radius 2 is 1.24 bits per heavy atom. The number of pyridine rings is 2. The van der Waals surface area contributed by atoms with Crippen LogP contribution < -0.4 is 36.1 Å². The van der Waals surface area contributed by atoms with Crippen LogP contribution in [0, 0.1) is 0 Å². The number of aromatic nitrogens is 6. The van der Waals surface area contributed by atoms with E-state index in [1.54, 1.807) is 79.0 Å². The second kappa shape index (κ2) is 53.4. The van der Waals surface area contributed by atoms with Crippen molar-refractivity contribution in [2.45, 2.75) is 106 Å². The van der Waals surface area contributed by atoms with Gasteiger partial charge < -0.3 is 49.9 Å². The van der Waals surface area contributed by atoms with Gasteiger partial charge in [-0.3, -0.25) is 28.8 Å². The Bertz CT molecular complexity index is 7070. The zero-order chi connectivity index (χ0) is 103. The molecule has 4 N–H and O–H groups in total. The molecule has 2 aliphatic heterocycles. The van der Waals surface area contributed by atoms with Crippen LogP contribution in [0.15, 0.2) is 342 Å². The lowest BCUT2D eigenvalue weighted by atomic mass is 9.78. The third-order valence-electron chi connectivity index (χ3n) is 24.7. The van der Waals surface area contributed by atoms with Crippen molar-refractivity contribution >= 4 is 163 Å². The van der Waals surface area contributed by atoms with Crippen LogP contribution in [0.2, 0.25) is 10.0 Å². The third-order valence-corrected chi connectivity index (χ3v) is 29.8. The maximum Gasteiger partial charge on any atom is 0.273 e. The number of carbonyl (C=O) groups excluding carboxylic acids is 6. The number of carbonyl (C=O) groups is 6. The number of amides is 6. The second-order valence-corrected chi connectivity index (χ2v) is 40.7. The summed E-state index contributed by atoms with van der Waals surface area (Å²) in [6.45, 7) is 7.50. The molecule has 5 aromatic heterocycles. The number of anilines is 6. The number of sulfonamides is 2. The van der Waals surface area contributed by atoms with Crippen LogP contribution in [0.4, 0.5) is 34.4 Å². The number of para-hydroxylation sites is 2. The van der Waals surface area contributed by atoms with Gasteiger partial charge in [-0.15, -0.1) is 11.3 Å². The van der Waals surface area contributed by atoms with Crippen molar-refractivity contribution in [3.63, 3.8) is 0 Å². The van der Waals surface area contributed by atoms with Gasteiger partial charge in [-0.25, -0.2) is 46.9 Å². The molecule has 756 valence electrons. The fourth-order valence-corrected chi connectivity index (χ4v) is 21.3. The Kier molecular flexibility index (Phi) is 39.2. The fourth-order valence-electron chi connectivity index (χ4n) is 17.2. The molecule has 3 aliphatic rings. The van der Waals surface area contributed by atoms with E-state index in [2.05, 4.69) is 61.3 Å². The van der Waals surface area contributed by atoms with Gasteiger partial charge in [0.1, 0.15) is 48.4 Å². The molecule has 0 spiro atoms. The molecule has 1 saturated carbocycles. The maximum atomic E-state index is 13.7. The molecule has 15 aromatic rings. The zero-order valence-electron chi connectivity index (χ0n) is 81.7. The zero-order valence-corrected chi connectivity index (χ0v) is 85.7. The van der Waals surface area contributed by atoms with Crippen molar-refractivity contribution in [3.8, 4) is 0 Å². The second-order valence-electron chi connectivity index (χ2n) is 35.0. The lowest BCUT2D eigenvalue weighted by molar-refractivity contribution is -0.139. The highest BCUT2D eigenvalue weighted by Gasteiger charge is 2.48. The molecule has 10 aromatic carbocycles. The van der Waals surface area contributed by atoms with Crippen LogP contribution in [0.3, 0.4) is 0 Å². The van der Waals surface area contributed by atoms with E-state index in [1.165, 1.54) is 38.9 Å². The van der Waals surface area contributed by atoms with Gasteiger partial charge in [0.15, 0.2) is 5.65 Å². The summed E-state index contributed by atoms with van der Waals surface area (Å²) in [4.78, 5) is 107. The van der Waals surface area contributed by atoms with Gasteiger partial charge in [0, 0.05) is 128 Å². The first-order valence-electron chi connectivity index (χ1n) is 48.3. The van der Waals surface area contributed by atoms with Crippen molar-refractivity contribution in [2.75, 3.05) is 124 Å². The summed E-state index contributed by atoms with van der Waals surface area (Å²) in [6, 6.07) is 91.7. The molecule has 7 heterocycles. The number of hydrogen-bond acceptors (Lipinski definition) is 22. The minimum Gasteiger partial charge on any atom is -0.383 e. The Morgan fingerprint density at radius 3 is 1.92 bits per heavy atom.